The van der Waals surface area contributed by atoms with Crippen molar-refractivity contribution in [3.63, 3.8) is 0 Å². The third-order valence-corrected chi connectivity index (χ3v) is 5.49. The predicted molar refractivity (Wildman–Crippen MR) is 109 cm³/mol. The number of nitrogens with zero attached hydrogens (tertiary/aromatic N) is 2. The maximum absolute atomic E-state index is 12.7. The molecule has 0 unspecified atom stereocenters. The van der Waals surface area contributed by atoms with Crippen molar-refractivity contribution in [1.29, 1.82) is 0 Å². The van der Waals surface area contributed by atoms with Crippen LogP contribution < -0.4 is 4.80 Å². The first kappa shape index (κ1) is 19.6. The van der Waals surface area contributed by atoms with E-state index in [1.54, 1.807) is 34.9 Å². The highest BCUT2D eigenvalue weighted by Crippen LogP contribution is 2.22. The van der Waals surface area contributed by atoms with Crippen molar-refractivity contribution in [3.05, 3.63) is 64.7 Å². The lowest BCUT2D eigenvalue weighted by molar-refractivity contribution is -0.141. The molecule has 0 N–H and O–H groups in total. The molecule has 2 aromatic carbocycles. The minimum absolute atomic E-state index is 0.0912. The smallest absolute Gasteiger partial charge is 0.337 e. The average molecular weight is 424 g/mol. The number of thiazole rings is 1. The van der Waals surface area contributed by atoms with Crippen LogP contribution in [0.2, 0.25) is 0 Å². The van der Waals surface area contributed by atoms with Gasteiger partial charge in [0.05, 0.1) is 30.0 Å². The van der Waals surface area contributed by atoms with Gasteiger partial charge in [-0.05, 0) is 30.3 Å². The van der Waals surface area contributed by atoms with Gasteiger partial charge >= 0.3 is 17.8 Å². The van der Waals surface area contributed by atoms with Gasteiger partial charge in [-0.1, -0.05) is 29.5 Å². The van der Waals surface area contributed by atoms with Crippen molar-refractivity contribution >= 4 is 50.4 Å². The fraction of sp³-hybridized carbons (Fsp3) is 0.143. The third kappa shape index (κ3) is 3.62. The summed E-state index contributed by atoms with van der Waals surface area (Å²) in [6, 6.07) is 13.8. The summed E-state index contributed by atoms with van der Waals surface area (Å²) in [5.41, 5.74) is 1.57. The van der Waals surface area contributed by atoms with Crippen LogP contribution in [0.1, 0.15) is 20.9 Å². The highest BCUT2D eigenvalue weighted by molar-refractivity contribution is 7.16. The molecule has 152 valence electrons. The van der Waals surface area contributed by atoms with E-state index in [-0.39, 0.29) is 17.1 Å². The number of benzene rings is 2. The van der Waals surface area contributed by atoms with Crippen LogP contribution in [-0.2, 0) is 20.8 Å². The normalized spacial score (nSPS) is 11.7. The van der Waals surface area contributed by atoms with Crippen LogP contribution in [0.15, 0.2) is 57.9 Å². The van der Waals surface area contributed by atoms with E-state index in [0.29, 0.717) is 21.4 Å². The van der Waals surface area contributed by atoms with Crippen LogP contribution >= 0.6 is 11.3 Å². The lowest BCUT2D eigenvalue weighted by Crippen LogP contribution is -2.22. The number of carbonyl (C=O) groups excluding carboxylic acids is 3. The Morgan fingerprint density at radius 3 is 2.60 bits per heavy atom. The summed E-state index contributed by atoms with van der Waals surface area (Å²) < 4.78 is 17.3. The van der Waals surface area contributed by atoms with Crippen molar-refractivity contribution in [3.8, 4) is 0 Å². The average Bonchev–Trinajstić information content (AvgIpc) is 3.34. The van der Waals surface area contributed by atoms with E-state index < -0.39 is 17.8 Å². The van der Waals surface area contributed by atoms with Gasteiger partial charge in [0.2, 0.25) is 0 Å². The summed E-state index contributed by atoms with van der Waals surface area (Å²) in [6.07, 6.45) is 0. The Morgan fingerprint density at radius 1 is 1.07 bits per heavy atom. The number of fused-ring (bicyclic) bond motifs is 2. The van der Waals surface area contributed by atoms with Crippen molar-refractivity contribution in [2.24, 2.45) is 4.99 Å². The number of hydrogen-bond donors (Lipinski definition) is 0. The molecule has 0 atom stereocenters. The topological polar surface area (TPSA) is 100 Å². The summed E-state index contributed by atoms with van der Waals surface area (Å²) in [6.45, 7) is -0.139. The number of rotatable bonds is 4. The van der Waals surface area contributed by atoms with Crippen molar-refractivity contribution in [2.75, 3.05) is 14.2 Å². The molecule has 0 bridgehead atoms. The van der Waals surface area contributed by atoms with E-state index in [4.69, 9.17) is 13.9 Å². The monoisotopic (exact) mass is 424 g/mol. The number of methoxy groups -OCH3 is 2. The summed E-state index contributed by atoms with van der Waals surface area (Å²) in [5, 5.41) is 0.789. The van der Waals surface area contributed by atoms with Gasteiger partial charge in [0, 0.05) is 5.39 Å². The molecule has 0 radical (unpaired) electrons. The van der Waals surface area contributed by atoms with Gasteiger partial charge in [0.15, 0.2) is 10.6 Å². The Balaban J connectivity index is 1.84. The van der Waals surface area contributed by atoms with E-state index in [1.807, 2.05) is 18.2 Å². The zero-order chi connectivity index (χ0) is 21.3. The molecule has 9 heteroatoms. The SMILES string of the molecule is COC(=O)Cn1c(=NC(=O)c2cc3ccccc3o2)sc2cc(C(=O)OC)ccc21. The van der Waals surface area contributed by atoms with E-state index in [1.165, 1.54) is 25.6 Å². The summed E-state index contributed by atoms with van der Waals surface area (Å²) in [7, 11) is 2.58. The number of hydrogen-bond acceptors (Lipinski definition) is 7. The first-order valence-electron chi connectivity index (χ1n) is 8.86. The van der Waals surface area contributed by atoms with Gasteiger partial charge in [-0.15, -0.1) is 0 Å². The third-order valence-electron chi connectivity index (χ3n) is 4.45. The first-order chi connectivity index (χ1) is 14.5. The van der Waals surface area contributed by atoms with Gasteiger partial charge in [0.25, 0.3) is 0 Å². The molecule has 2 aromatic heterocycles. The summed E-state index contributed by atoms with van der Waals surface area (Å²) in [4.78, 5) is 40.9. The van der Waals surface area contributed by atoms with Gasteiger partial charge in [-0.3, -0.25) is 9.59 Å². The zero-order valence-electron chi connectivity index (χ0n) is 16.1. The first-order valence-corrected chi connectivity index (χ1v) is 9.68. The Labute approximate surface area is 174 Å². The number of furan rings is 1. The standard InChI is InChI=1S/C21H16N2O6S/c1-27-18(24)11-23-14-8-7-13(20(26)28-2)10-17(14)30-21(23)22-19(25)16-9-12-5-3-4-6-15(12)29-16/h3-10H,11H2,1-2H3. The Kier molecular flexibility index (Phi) is 5.20. The molecular weight excluding hydrogens is 408 g/mol. The highest BCUT2D eigenvalue weighted by atomic mass is 32.1. The van der Waals surface area contributed by atoms with Crippen LogP contribution in [0.25, 0.3) is 21.2 Å². The fourth-order valence-electron chi connectivity index (χ4n) is 2.98. The largest absolute Gasteiger partial charge is 0.468 e. The van der Waals surface area contributed by atoms with Gasteiger partial charge < -0.3 is 18.5 Å². The molecule has 0 saturated heterocycles. The quantitative estimate of drug-likeness (QED) is 0.467. The molecule has 30 heavy (non-hydrogen) atoms. The van der Waals surface area contributed by atoms with Crippen molar-refractivity contribution < 1.29 is 28.3 Å². The minimum Gasteiger partial charge on any atom is -0.468 e. The molecule has 1 amide bonds. The van der Waals surface area contributed by atoms with E-state index in [9.17, 15) is 14.4 Å². The molecule has 4 rings (SSSR count). The Morgan fingerprint density at radius 2 is 1.87 bits per heavy atom. The number of ether oxygens (including phenoxy) is 2. The van der Waals surface area contributed by atoms with E-state index in [2.05, 4.69) is 4.99 Å². The van der Waals surface area contributed by atoms with Crippen LogP contribution in [0.5, 0.6) is 0 Å². The molecule has 2 heterocycles. The second kappa shape index (κ2) is 7.96. The predicted octanol–water partition coefficient (Wildman–Crippen LogP) is 3.15. The Bertz CT molecular complexity index is 1330. The number of amides is 1. The highest BCUT2D eigenvalue weighted by Gasteiger charge is 2.16. The molecule has 4 aromatic rings. The lowest BCUT2D eigenvalue weighted by atomic mass is 10.2. The van der Waals surface area contributed by atoms with Crippen LogP contribution in [0, 0.1) is 0 Å². The number of carbonyl (C=O) groups is 3. The van der Waals surface area contributed by atoms with Crippen LogP contribution in [0.3, 0.4) is 0 Å². The van der Waals surface area contributed by atoms with Gasteiger partial charge in [-0.25, -0.2) is 4.79 Å². The second-order valence-electron chi connectivity index (χ2n) is 6.29. The van der Waals surface area contributed by atoms with E-state index >= 15 is 0 Å². The number of para-hydroxylation sites is 1. The van der Waals surface area contributed by atoms with Crippen molar-refractivity contribution in [2.45, 2.75) is 6.54 Å². The summed E-state index contributed by atoms with van der Waals surface area (Å²) in [5.74, 6) is -1.47. The molecule has 0 fully saturated rings. The van der Waals surface area contributed by atoms with Gasteiger partial charge in [0.1, 0.15) is 12.1 Å². The molecular formula is C21H16N2O6S. The maximum Gasteiger partial charge on any atom is 0.337 e. The molecule has 0 spiro atoms. The van der Waals surface area contributed by atoms with Crippen LogP contribution in [0.4, 0.5) is 0 Å². The fourth-order valence-corrected chi connectivity index (χ4v) is 4.05. The molecule has 8 nitrogen and oxygen atoms in total. The van der Waals surface area contributed by atoms with Crippen LogP contribution in [-0.4, -0.2) is 36.6 Å². The molecule has 0 saturated carbocycles. The van der Waals surface area contributed by atoms with Gasteiger partial charge in [-0.2, -0.15) is 4.99 Å². The van der Waals surface area contributed by atoms with Crippen molar-refractivity contribution in [1.82, 2.24) is 4.57 Å². The summed E-state index contributed by atoms with van der Waals surface area (Å²) >= 11 is 1.17. The lowest BCUT2D eigenvalue weighted by Gasteiger charge is -2.04. The Hall–Kier alpha value is -3.72. The minimum atomic E-state index is -0.579. The number of aromatic nitrogens is 1. The number of esters is 2. The molecule has 0 aliphatic heterocycles. The molecule has 0 aliphatic carbocycles. The van der Waals surface area contributed by atoms with E-state index in [0.717, 1.165) is 5.39 Å². The molecule has 0 aliphatic rings. The second-order valence-corrected chi connectivity index (χ2v) is 7.30. The maximum atomic E-state index is 12.7. The zero-order valence-corrected chi connectivity index (χ0v) is 16.9.